The van der Waals surface area contributed by atoms with Crippen LogP contribution in [0, 0.1) is 17.8 Å². The molecule has 1 fully saturated rings. The summed E-state index contributed by atoms with van der Waals surface area (Å²) in [6.07, 6.45) is 5.05. The molecule has 1 heterocycles. The van der Waals surface area contributed by atoms with E-state index in [0.717, 1.165) is 35.7 Å². The third kappa shape index (κ3) is 6.85. The van der Waals surface area contributed by atoms with Gasteiger partial charge in [-0.25, -0.2) is 8.42 Å². The second-order valence-electron chi connectivity index (χ2n) is 11.7. The van der Waals surface area contributed by atoms with Crippen LogP contribution in [0.25, 0.3) is 0 Å². The molecule has 3 atom stereocenters. The number of sulfonamides is 1. The maximum atomic E-state index is 13.3. The van der Waals surface area contributed by atoms with E-state index in [2.05, 4.69) is 50.6 Å². The number of carbonyl (C=O) groups excluding carboxylic acids is 2. The van der Waals surface area contributed by atoms with Gasteiger partial charge in [-0.2, -0.15) is 0 Å². The van der Waals surface area contributed by atoms with E-state index in [0.29, 0.717) is 6.04 Å². The molecule has 1 saturated carbocycles. The first-order chi connectivity index (χ1) is 16.2. The third-order valence-electron chi connectivity index (χ3n) is 6.81. The Kier molecular flexibility index (Phi) is 8.01. The number of rotatable bonds is 7. The second-order valence-corrected chi connectivity index (χ2v) is 13.6. The van der Waals surface area contributed by atoms with E-state index >= 15 is 0 Å². The van der Waals surface area contributed by atoms with Crippen LogP contribution in [0.5, 0.6) is 0 Å². The van der Waals surface area contributed by atoms with Crippen molar-refractivity contribution in [2.24, 2.45) is 10.8 Å². The first-order valence-corrected chi connectivity index (χ1v) is 13.7. The standard InChI is InChI=1S/C26H40N4O4S/c1-18-7-10-20(11-8-18)35(33,34)30-14-13-27-24(32)21(30)15-23(31)29-22-12-9-19(16-26(22,5)6)28-17-25(2,3)4/h7-8,10-11,13-14,19,21-22,28H,9,12,15-17H2,1-6H3,(H,27,32)(H,29,31)/t19-,21-,22+/m1/s1. The van der Waals surface area contributed by atoms with Crippen molar-refractivity contribution in [2.45, 2.75) is 90.2 Å². The second kappa shape index (κ2) is 10.3. The fourth-order valence-electron chi connectivity index (χ4n) is 4.73. The van der Waals surface area contributed by atoms with E-state index in [1.54, 1.807) is 12.1 Å². The summed E-state index contributed by atoms with van der Waals surface area (Å²) >= 11 is 0. The number of hydrogen-bond donors (Lipinski definition) is 3. The average molecular weight is 505 g/mol. The maximum absolute atomic E-state index is 13.3. The predicted octanol–water partition coefficient (Wildman–Crippen LogP) is 3.04. The first kappa shape index (κ1) is 27.2. The van der Waals surface area contributed by atoms with E-state index in [1.165, 1.54) is 24.5 Å². The lowest BCUT2D eigenvalue weighted by molar-refractivity contribution is -0.130. The average Bonchev–Trinajstić information content (AvgIpc) is 2.75. The Bertz CT molecular complexity index is 1060. The Morgan fingerprint density at radius 3 is 2.43 bits per heavy atom. The van der Waals surface area contributed by atoms with Gasteiger partial charge >= 0.3 is 0 Å². The van der Waals surface area contributed by atoms with Gasteiger partial charge in [-0.1, -0.05) is 52.3 Å². The molecule has 1 aliphatic heterocycles. The summed E-state index contributed by atoms with van der Waals surface area (Å²) in [6.45, 7) is 13.7. The van der Waals surface area contributed by atoms with Gasteiger partial charge in [0.15, 0.2) is 0 Å². The summed E-state index contributed by atoms with van der Waals surface area (Å²) < 4.78 is 27.5. The topological polar surface area (TPSA) is 108 Å². The molecule has 0 spiro atoms. The molecule has 194 valence electrons. The number of benzene rings is 1. The number of amides is 2. The number of carbonyl (C=O) groups is 2. The zero-order valence-electron chi connectivity index (χ0n) is 21.7. The largest absolute Gasteiger partial charge is 0.353 e. The summed E-state index contributed by atoms with van der Waals surface area (Å²) in [5.74, 6) is -0.851. The van der Waals surface area contributed by atoms with Crippen LogP contribution in [0.1, 0.15) is 65.9 Å². The molecule has 1 aliphatic carbocycles. The molecule has 0 unspecified atom stereocenters. The Balaban J connectivity index is 1.67. The molecule has 0 aromatic heterocycles. The molecule has 8 nitrogen and oxygen atoms in total. The summed E-state index contributed by atoms with van der Waals surface area (Å²) in [7, 11) is -3.99. The zero-order chi connectivity index (χ0) is 26.0. The highest BCUT2D eigenvalue weighted by Gasteiger charge is 2.40. The van der Waals surface area contributed by atoms with Gasteiger partial charge in [0.05, 0.1) is 11.3 Å². The number of aryl methyl sites for hydroxylation is 1. The summed E-state index contributed by atoms with van der Waals surface area (Å²) in [6, 6.07) is 5.62. The number of hydrogen-bond acceptors (Lipinski definition) is 5. The SMILES string of the molecule is Cc1ccc(S(=O)(=O)N2C=CNC(=O)[C@H]2CC(=O)N[C@H]2CC[C@@H](NCC(C)(C)C)CC2(C)C)cc1. The predicted molar refractivity (Wildman–Crippen MR) is 137 cm³/mol. The van der Waals surface area contributed by atoms with Gasteiger partial charge in [0, 0.05) is 31.0 Å². The van der Waals surface area contributed by atoms with Crippen LogP contribution >= 0.6 is 0 Å². The Labute approximate surface area is 210 Å². The molecule has 1 aromatic carbocycles. The smallest absolute Gasteiger partial charge is 0.264 e. The molecular formula is C26H40N4O4S. The third-order valence-corrected chi connectivity index (χ3v) is 8.61. The van der Waals surface area contributed by atoms with Gasteiger partial charge in [-0.05, 0) is 49.1 Å². The quantitative estimate of drug-likeness (QED) is 0.529. The number of nitrogens with zero attached hydrogens (tertiary/aromatic N) is 1. The molecule has 1 aromatic rings. The lowest BCUT2D eigenvalue weighted by Crippen LogP contribution is -2.55. The van der Waals surface area contributed by atoms with Crippen molar-refractivity contribution in [2.75, 3.05) is 6.54 Å². The van der Waals surface area contributed by atoms with E-state index in [1.807, 2.05) is 6.92 Å². The summed E-state index contributed by atoms with van der Waals surface area (Å²) in [5, 5.41) is 9.29. The van der Waals surface area contributed by atoms with E-state index < -0.39 is 22.0 Å². The molecule has 3 N–H and O–H groups in total. The van der Waals surface area contributed by atoms with Crippen molar-refractivity contribution in [3.63, 3.8) is 0 Å². The van der Waals surface area contributed by atoms with Crippen LogP contribution < -0.4 is 16.0 Å². The van der Waals surface area contributed by atoms with Crippen molar-refractivity contribution in [3.8, 4) is 0 Å². The van der Waals surface area contributed by atoms with Crippen LogP contribution in [-0.2, 0) is 19.6 Å². The number of nitrogens with one attached hydrogen (secondary N) is 3. The van der Waals surface area contributed by atoms with Gasteiger partial charge < -0.3 is 16.0 Å². The summed E-state index contributed by atoms with van der Waals surface area (Å²) in [5.41, 5.74) is 0.999. The fraction of sp³-hybridized carbons (Fsp3) is 0.615. The van der Waals surface area contributed by atoms with Crippen LogP contribution in [-0.4, -0.2) is 49.2 Å². The molecule has 0 radical (unpaired) electrons. The fourth-order valence-corrected chi connectivity index (χ4v) is 6.18. The molecule has 3 rings (SSSR count). The van der Waals surface area contributed by atoms with Gasteiger partial charge in [0.1, 0.15) is 6.04 Å². The normalized spacial score (nSPS) is 24.7. The van der Waals surface area contributed by atoms with Crippen molar-refractivity contribution in [1.82, 2.24) is 20.3 Å². The summed E-state index contributed by atoms with van der Waals surface area (Å²) in [4.78, 5) is 25.8. The van der Waals surface area contributed by atoms with E-state index in [-0.39, 0.29) is 34.1 Å². The highest BCUT2D eigenvalue weighted by Crippen LogP contribution is 2.36. The van der Waals surface area contributed by atoms with Crippen molar-refractivity contribution in [1.29, 1.82) is 0 Å². The lowest BCUT2D eigenvalue weighted by atomic mass is 9.71. The van der Waals surface area contributed by atoms with Crippen molar-refractivity contribution >= 4 is 21.8 Å². The molecule has 2 amide bonds. The Morgan fingerprint density at radius 1 is 1.17 bits per heavy atom. The minimum absolute atomic E-state index is 0.0490. The van der Waals surface area contributed by atoms with Crippen LogP contribution in [0.15, 0.2) is 41.6 Å². The van der Waals surface area contributed by atoms with Crippen LogP contribution in [0.3, 0.4) is 0 Å². The van der Waals surface area contributed by atoms with Gasteiger partial charge in [0.2, 0.25) is 11.8 Å². The highest BCUT2D eigenvalue weighted by atomic mass is 32.2. The van der Waals surface area contributed by atoms with Gasteiger partial charge in [-0.15, -0.1) is 0 Å². The van der Waals surface area contributed by atoms with Gasteiger partial charge in [-0.3, -0.25) is 13.9 Å². The Morgan fingerprint density at radius 2 is 1.83 bits per heavy atom. The molecule has 0 bridgehead atoms. The molecule has 2 aliphatic rings. The van der Waals surface area contributed by atoms with E-state index in [4.69, 9.17) is 0 Å². The van der Waals surface area contributed by atoms with Crippen LogP contribution in [0.4, 0.5) is 0 Å². The minimum atomic E-state index is -3.99. The van der Waals surface area contributed by atoms with Gasteiger partial charge in [0.25, 0.3) is 10.0 Å². The molecule has 0 saturated heterocycles. The first-order valence-electron chi connectivity index (χ1n) is 12.3. The molecular weight excluding hydrogens is 464 g/mol. The highest BCUT2D eigenvalue weighted by molar-refractivity contribution is 7.89. The lowest BCUT2D eigenvalue weighted by Gasteiger charge is -2.44. The minimum Gasteiger partial charge on any atom is -0.353 e. The maximum Gasteiger partial charge on any atom is 0.264 e. The van der Waals surface area contributed by atoms with E-state index in [9.17, 15) is 18.0 Å². The van der Waals surface area contributed by atoms with Crippen LogP contribution in [0.2, 0.25) is 0 Å². The zero-order valence-corrected chi connectivity index (χ0v) is 22.5. The van der Waals surface area contributed by atoms with Crippen molar-refractivity contribution < 1.29 is 18.0 Å². The monoisotopic (exact) mass is 504 g/mol. The van der Waals surface area contributed by atoms with Crippen molar-refractivity contribution in [3.05, 3.63) is 42.2 Å². The molecule has 35 heavy (non-hydrogen) atoms. The molecule has 9 heteroatoms. The Hall–Kier alpha value is -2.39.